The van der Waals surface area contributed by atoms with Crippen molar-refractivity contribution < 1.29 is 0 Å². The number of halogens is 1. The highest BCUT2D eigenvalue weighted by Crippen LogP contribution is 2.40. The molecule has 94 valence electrons. The Morgan fingerprint density at radius 3 is 2.83 bits per heavy atom. The Balaban J connectivity index is 2.09. The zero-order chi connectivity index (χ0) is 12.5. The first-order valence-electron chi connectivity index (χ1n) is 6.54. The zero-order valence-corrected chi connectivity index (χ0v) is 11.0. The van der Waals surface area contributed by atoms with Gasteiger partial charge < -0.3 is 5.73 Å². The molecule has 3 rings (SSSR count). The molecule has 1 unspecified atom stereocenters. The van der Waals surface area contributed by atoms with Gasteiger partial charge in [0.2, 0.25) is 0 Å². The maximum absolute atomic E-state index is 6.02. The van der Waals surface area contributed by atoms with E-state index in [1.165, 1.54) is 30.2 Å². The van der Waals surface area contributed by atoms with Crippen molar-refractivity contribution in [3.8, 4) is 0 Å². The molecule has 1 atom stereocenters. The second-order valence-corrected chi connectivity index (χ2v) is 5.53. The van der Waals surface area contributed by atoms with Crippen molar-refractivity contribution in [2.24, 2.45) is 11.7 Å². The molecule has 1 fully saturated rings. The summed E-state index contributed by atoms with van der Waals surface area (Å²) < 4.78 is 0. The summed E-state index contributed by atoms with van der Waals surface area (Å²) in [7, 11) is 0. The third kappa shape index (κ3) is 2.00. The smallest absolute Gasteiger partial charge is 0.0719 e. The number of nitrogens with two attached hydrogens (primary N) is 1. The molecule has 0 radical (unpaired) electrons. The number of hydrogen-bond acceptors (Lipinski definition) is 2. The van der Waals surface area contributed by atoms with Crippen LogP contribution in [0, 0.1) is 5.92 Å². The van der Waals surface area contributed by atoms with E-state index >= 15 is 0 Å². The lowest BCUT2D eigenvalue weighted by atomic mass is 9.72. The number of pyridine rings is 1. The summed E-state index contributed by atoms with van der Waals surface area (Å²) in [5.74, 6) is 1.21. The molecule has 1 heterocycles. The van der Waals surface area contributed by atoms with Crippen LogP contribution in [0.3, 0.4) is 0 Å². The van der Waals surface area contributed by atoms with Crippen LogP contribution in [-0.2, 0) is 0 Å². The van der Waals surface area contributed by atoms with E-state index in [2.05, 4.69) is 17.1 Å². The molecule has 2 N–H and O–H groups in total. The van der Waals surface area contributed by atoms with Gasteiger partial charge in [0.25, 0.3) is 0 Å². The van der Waals surface area contributed by atoms with Crippen molar-refractivity contribution in [2.75, 3.05) is 6.54 Å². The standard InChI is InChI=1S/C15H17ClN2/c16-11-4-5-13-12(6-7-18-15(13)8-11)14(9-17)10-2-1-3-10/h4-8,10,14H,1-3,9,17H2. The first-order valence-corrected chi connectivity index (χ1v) is 6.91. The van der Waals surface area contributed by atoms with Gasteiger partial charge in [0.1, 0.15) is 0 Å². The van der Waals surface area contributed by atoms with Gasteiger partial charge in [-0.25, -0.2) is 0 Å². The van der Waals surface area contributed by atoms with Crippen LogP contribution in [0.15, 0.2) is 30.5 Å². The van der Waals surface area contributed by atoms with Crippen LogP contribution >= 0.6 is 11.6 Å². The number of hydrogen-bond donors (Lipinski definition) is 1. The van der Waals surface area contributed by atoms with Gasteiger partial charge >= 0.3 is 0 Å². The van der Waals surface area contributed by atoms with Gasteiger partial charge in [0.05, 0.1) is 5.52 Å². The van der Waals surface area contributed by atoms with E-state index in [0.29, 0.717) is 12.5 Å². The van der Waals surface area contributed by atoms with Gasteiger partial charge in [0.15, 0.2) is 0 Å². The van der Waals surface area contributed by atoms with Crippen molar-refractivity contribution in [1.29, 1.82) is 0 Å². The normalized spacial score (nSPS) is 17.7. The van der Waals surface area contributed by atoms with E-state index < -0.39 is 0 Å². The van der Waals surface area contributed by atoms with Crippen LogP contribution in [-0.4, -0.2) is 11.5 Å². The molecule has 1 aliphatic carbocycles. The Hall–Kier alpha value is -1.12. The largest absolute Gasteiger partial charge is 0.330 e. The molecule has 2 nitrogen and oxygen atoms in total. The van der Waals surface area contributed by atoms with Crippen LogP contribution in [0.2, 0.25) is 5.02 Å². The Labute approximate surface area is 112 Å². The average Bonchev–Trinajstić information content (AvgIpc) is 2.32. The molecule has 0 amide bonds. The molecule has 3 heteroatoms. The monoisotopic (exact) mass is 260 g/mol. The third-order valence-electron chi connectivity index (χ3n) is 4.11. The molecular formula is C15H17ClN2. The van der Waals surface area contributed by atoms with Crippen LogP contribution in [0.4, 0.5) is 0 Å². The van der Waals surface area contributed by atoms with Crippen molar-refractivity contribution in [3.63, 3.8) is 0 Å². The van der Waals surface area contributed by atoms with Crippen molar-refractivity contribution >= 4 is 22.5 Å². The van der Waals surface area contributed by atoms with Gasteiger partial charge in [-0.1, -0.05) is 24.1 Å². The zero-order valence-electron chi connectivity index (χ0n) is 10.3. The molecule has 2 aromatic rings. The van der Waals surface area contributed by atoms with Gasteiger partial charge in [-0.3, -0.25) is 4.98 Å². The Kier molecular flexibility index (Phi) is 3.23. The highest BCUT2D eigenvalue weighted by Gasteiger charge is 2.28. The molecule has 0 saturated heterocycles. The summed E-state index contributed by atoms with van der Waals surface area (Å²) in [5.41, 5.74) is 8.30. The molecule has 18 heavy (non-hydrogen) atoms. The van der Waals surface area contributed by atoms with Crippen LogP contribution in [0.5, 0.6) is 0 Å². The minimum Gasteiger partial charge on any atom is -0.330 e. The predicted molar refractivity (Wildman–Crippen MR) is 75.9 cm³/mol. The molecule has 0 aliphatic heterocycles. The summed E-state index contributed by atoms with van der Waals surface area (Å²) in [4.78, 5) is 4.40. The van der Waals surface area contributed by atoms with Crippen LogP contribution in [0.25, 0.3) is 10.9 Å². The second-order valence-electron chi connectivity index (χ2n) is 5.09. The van der Waals surface area contributed by atoms with Gasteiger partial charge in [0, 0.05) is 16.6 Å². The highest BCUT2D eigenvalue weighted by molar-refractivity contribution is 6.31. The maximum Gasteiger partial charge on any atom is 0.0719 e. The summed E-state index contributed by atoms with van der Waals surface area (Å²) >= 11 is 6.02. The van der Waals surface area contributed by atoms with Crippen LogP contribution < -0.4 is 5.73 Å². The second kappa shape index (κ2) is 4.87. The fourth-order valence-corrected chi connectivity index (χ4v) is 3.05. The molecule has 0 spiro atoms. The van der Waals surface area contributed by atoms with E-state index in [9.17, 15) is 0 Å². The minimum atomic E-state index is 0.463. The highest BCUT2D eigenvalue weighted by atomic mass is 35.5. The van der Waals surface area contributed by atoms with Gasteiger partial charge in [-0.2, -0.15) is 0 Å². The van der Waals surface area contributed by atoms with Gasteiger partial charge in [-0.05, 0) is 55.0 Å². The summed E-state index contributed by atoms with van der Waals surface area (Å²) in [6.07, 6.45) is 5.82. The molecular weight excluding hydrogens is 244 g/mol. The Bertz CT molecular complexity index is 563. The van der Waals surface area contributed by atoms with Crippen molar-refractivity contribution in [2.45, 2.75) is 25.2 Å². The number of nitrogens with zero attached hydrogens (tertiary/aromatic N) is 1. The number of aromatic nitrogens is 1. The first-order chi connectivity index (χ1) is 8.79. The minimum absolute atomic E-state index is 0.463. The fraction of sp³-hybridized carbons (Fsp3) is 0.400. The lowest BCUT2D eigenvalue weighted by Crippen LogP contribution is -2.26. The first kappa shape index (κ1) is 11.9. The lowest BCUT2D eigenvalue weighted by molar-refractivity contribution is 0.265. The lowest BCUT2D eigenvalue weighted by Gasteiger charge is -2.33. The van der Waals surface area contributed by atoms with Crippen molar-refractivity contribution in [3.05, 3.63) is 41.0 Å². The van der Waals surface area contributed by atoms with Crippen LogP contribution in [0.1, 0.15) is 30.7 Å². The molecule has 0 bridgehead atoms. The number of benzene rings is 1. The topological polar surface area (TPSA) is 38.9 Å². The Morgan fingerprint density at radius 1 is 1.33 bits per heavy atom. The summed E-state index contributed by atoms with van der Waals surface area (Å²) in [6, 6.07) is 8.05. The molecule has 1 saturated carbocycles. The molecule has 1 aromatic carbocycles. The van der Waals surface area contributed by atoms with Crippen molar-refractivity contribution in [1.82, 2.24) is 4.98 Å². The predicted octanol–water partition coefficient (Wildman–Crippen LogP) is 3.73. The van der Waals surface area contributed by atoms with E-state index in [-0.39, 0.29) is 0 Å². The fourth-order valence-electron chi connectivity index (χ4n) is 2.88. The Morgan fingerprint density at radius 2 is 2.17 bits per heavy atom. The number of rotatable bonds is 3. The quantitative estimate of drug-likeness (QED) is 0.913. The molecule has 1 aliphatic rings. The average molecular weight is 261 g/mol. The SMILES string of the molecule is NCC(c1ccnc2cc(Cl)ccc12)C1CCC1. The maximum atomic E-state index is 6.02. The summed E-state index contributed by atoms with van der Waals surface area (Å²) in [5, 5.41) is 1.93. The van der Waals surface area contributed by atoms with E-state index in [0.717, 1.165) is 16.5 Å². The van der Waals surface area contributed by atoms with Gasteiger partial charge in [-0.15, -0.1) is 0 Å². The number of fused-ring (bicyclic) bond motifs is 1. The van der Waals surface area contributed by atoms with E-state index in [1.54, 1.807) is 0 Å². The summed E-state index contributed by atoms with van der Waals surface area (Å²) in [6.45, 7) is 0.715. The van der Waals surface area contributed by atoms with E-state index in [1.807, 2.05) is 18.3 Å². The third-order valence-corrected chi connectivity index (χ3v) is 4.35. The van der Waals surface area contributed by atoms with E-state index in [4.69, 9.17) is 17.3 Å². The molecule has 1 aromatic heterocycles.